The highest BCUT2D eigenvalue weighted by Gasteiger charge is 2.24. The highest BCUT2D eigenvalue weighted by atomic mass is 32.1. The van der Waals surface area contributed by atoms with Crippen LogP contribution in [0.15, 0.2) is 17.5 Å². The molecule has 0 aliphatic carbocycles. The van der Waals surface area contributed by atoms with Crippen LogP contribution in [0.1, 0.15) is 24.6 Å². The molecule has 1 aromatic rings. The zero-order valence-electron chi connectivity index (χ0n) is 9.44. The smallest absolute Gasteiger partial charge is 0.249 e. The summed E-state index contributed by atoms with van der Waals surface area (Å²) in [6.07, 6.45) is 2.54. The second kappa shape index (κ2) is 5.46. The largest absolute Gasteiger partial charge is 0.368 e. The predicted molar refractivity (Wildman–Crippen MR) is 64.6 cm³/mol. The van der Waals surface area contributed by atoms with Gasteiger partial charge in [0.05, 0.1) is 0 Å². The van der Waals surface area contributed by atoms with E-state index in [0.717, 1.165) is 25.9 Å². The molecule has 0 radical (unpaired) electrons. The maximum Gasteiger partial charge on any atom is 0.249 e. The normalized spacial score (nSPS) is 21.9. The first-order chi connectivity index (χ1) is 7.75. The van der Waals surface area contributed by atoms with Gasteiger partial charge in [0.25, 0.3) is 0 Å². The third kappa shape index (κ3) is 3.06. The molecule has 0 bridgehead atoms. The van der Waals surface area contributed by atoms with Crippen LogP contribution in [0.4, 0.5) is 0 Å². The molecule has 0 spiro atoms. The first kappa shape index (κ1) is 11.6. The third-order valence-corrected chi connectivity index (χ3v) is 3.60. The lowest BCUT2D eigenvalue weighted by molar-refractivity contribution is -0.130. The van der Waals surface area contributed by atoms with Crippen molar-refractivity contribution in [1.82, 2.24) is 5.32 Å². The maximum atomic E-state index is 11.8. The first-order valence-corrected chi connectivity index (χ1v) is 6.58. The summed E-state index contributed by atoms with van der Waals surface area (Å²) in [5.74, 6) is 0.0431. The van der Waals surface area contributed by atoms with Crippen LogP contribution >= 0.6 is 11.3 Å². The number of carbonyl (C=O) groups is 1. The second-order valence-electron chi connectivity index (χ2n) is 4.19. The van der Waals surface area contributed by atoms with Crippen LogP contribution in [0.3, 0.4) is 0 Å². The molecule has 16 heavy (non-hydrogen) atoms. The van der Waals surface area contributed by atoms with Crippen molar-refractivity contribution in [3.63, 3.8) is 0 Å². The van der Waals surface area contributed by atoms with Crippen molar-refractivity contribution in [3.05, 3.63) is 22.4 Å². The summed E-state index contributed by atoms with van der Waals surface area (Å²) in [4.78, 5) is 13.1. The van der Waals surface area contributed by atoms with E-state index in [1.165, 1.54) is 4.88 Å². The van der Waals surface area contributed by atoms with Crippen LogP contribution in [0.25, 0.3) is 0 Å². The fourth-order valence-electron chi connectivity index (χ4n) is 1.90. The molecule has 1 aliphatic heterocycles. The molecule has 1 aliphatic rings. The van der Waals surface area contributed by atoms with Crippen LogP contribution in [-0.4, -0.2) is 24.7 Å². The molecule has 88 valence electrons. The minimum absolute atomic E-state index is 0.0431. The summed E-state index contributed by atoms with van der Waals surface area (Å²) in [7, 11) is 0. The molecule has 2 heterocycles. The molecule has 1 amide bonds. The van der Waals surface area contributed by atoms with Gasteiger partial charge < -0.3 is 10.1 Å². The minimum atomic E-state index is -0.217. The van der Waals surface area contributed by atoms with E-state index >= 15 is 0 Å². The maximum absolute atomic E-state index is 11.8. The first-order valence-electron chi connectivity index (χ1n) is 5.70. The monoisotopic (exact) mass is 239 g/mol. The van der Waals surface area contributed by atoms with Gasteiger partial charge in [0.1, 0.15) is 6.10 Å². The van der Waals surface area contributed by atoms with Crippen molar-refractivity contribution in [3.8, 4) is 0 Å². The van der Waals surface area contributed by atoms with Crippen LogP contribution < -0.4 is 5.32 Å². The summed E-state index contributed by atoms with van der Waals surface area (Å²) in [5, 5.41) is 5.06. The van der Waals surface area contributed by atoms with E-state index in [1.807, 2.05) is 13.0 Å². The summed E-state index contributed by atoms with van der Waals surface area (Å²) in [6.45, 7) is 2.75. The Morgan fingerprint density at radius 3 is 3.25 bits per heavy atom. The van der Waals surface area contributed by atoms with Crippen molar-refractivity contribution in [2.75, 3.05) is 6.61 Å². The molecule has 0 aromatic carbocycles. The molecule has 4 heteroatoms. The summed E-state index contributed by atoms with van der Waals surface area (Å²) >= 11 is 1.73. The van der Waals surface area contributed by atoms with Crippen LogP contribution in [0, 0.1) is 0 Å². The van der Waals surface area contributed by atoms with E-state index < -0.39 is 0 Å². The standard InChI is InChI=1S/C12H17NO2S/c1-9(8-10-4-3-7-16-10)13-12(14)11-5-2-6-15-11/h3-4,7,9,11H,2,5-6,8H2,1H3,(H,13,14)/t9-,11-/m1/s1. The van der Waals surface area contributed by atoms with Gasteiger partial charge in [-0.05, 0) is 31.2 Å². The van der Waals surface area contributed by atoms with Gasteiger partial charge in [-0.2, -0.15) is 0 Å². The van der Waals surface area contributed by atoms with E-state index in [-0.39, 0.29) is 18.1 Å². The van der Waals surface area contributed by atoms with Gasteiger partial charge in [-0.25, -0.2) is 0 Å². The third-order valence-electron chi connectivity index (χ3n) is 2.70. The molecular formula is C12H17NO2S. The zero-order chi connectivity index (χ0) is 11.4. The highest BCUT2D eigenvalue weighted by Crippen LogP contribution is 2.14. The molecule has 1 aromatic heterocycles. The Morgan fingerprint density at radius 2 is 2.62 bits per heavy atom. The van der Waals surface area contributed by atoms with Gasteiger partial charge in [-0.3, -0.25) is 4.79 Å². The fourth-order valence-corrected chi connectivity index (χ4v) is 2.74. The van der Waals surface area contributed by atoms with Crippen molar-refractivity contribution < 1.29 is 9.53 Å². The zero-order valence-corrected chi connectivity index (χ0v) is 10.3. The van der Waals surface area contributed by atoms with Gasteiger partial charge in [-0.15, -0.1) is 11.3 Å². The van der Waals surface area contributed by atoms with E-state index in [2.05, 4.69) is 16.8 Å². The lowest BCUT2D eigenvalue weighted by atomic mass is 10.2. The van der Waals surface area contributed by atoms with Gasteiger partial charge in [0.2, 0.25) is 5.91 Å². The molecule has 0 unspecified atom stereocenters. The van der Waals surface area contributed by atoms with Crippen molar-refractivity contribution >= 4 is 17.2 Å². The number of rotatable bonds is 4. The topological polar surface area (TPSA) is 38.3 Å². The average Bonchev–Trinajstić information content (AvgIpc) is 2.88. The molecule has 3 nitrogen and oxygen atoms in total. The molecule has 0 saturated carbocycles. The van der Waals surface area contributed by atoms with E-state index in [4.69, 9.17) is 4.74 Å². The Kier molecular flexibility index (Phi) is 3.96. The van der Waals surface area contributed by atoms with Crippen molar-refractivity contribution in [2.45, 2.75) is 38.3 Å². The number of carbonyl (C=O) groups excluding carboxylic acids is 1. The van der Waals surface area contributed by atoms with Gasteiger partial charge in [0.15, 0.2) is 0 Å². The van der Waals surface area contributed by atoms with Crippen LogP contribution in [0.5, 0.6) is 0 Å². The summed E-state index contributed by atoms with van der Waals surface area (Å²) < 4.78 is 5.34. The Hall–Kier alpha value is -0.870. The lowest BCUT2D eigenvalue weighted by Crippen LogP contribution is -2.40. The minimum Gasteiger partial charge on any atom is -0.368 e. The van der Waals surface area contributed by atoms with Crippen molar-refractivity contribution in [2.24, 2.45) is 0 Å². The summed E-state index contributed by atoms with van der Waals surface area (Å²) in [6, 6.07) is 4.31. The Labute approximate surface area is 99.8 Å². The van der Waals surface area contributed by atoms with Crippen LogP contribution in [0.2, 0.25) is 0 Å². The van der Waals surface area contributed by atoms with Gasteiger partial charge in [0, 0.05) is 23.9 Å². The quantitative estimate of drug-likeness (QED) is 0.872. The molecular weight excluding hydrogens is 222 g/mol. The molecule has 2 rings (SSSR count). The molecule has 1 N–H and O–H groups in total. The molecule has 1 saturated heterocycles. The number of thiophene rings is 1. The van der Waals surface area contributed by atoms with E-state index in [1.54, 1.807) is 11.3 Å². The Balaban J connectivity index is 1.78. The average molecular weight is 239 g/mol. The van der Waals surface area contributed by atoms with E-state index in [0.29, 0.717) is 0 Å². The Bertz CT molecular complexity index is 331. The Morgan fingerprint density at radius 1 is 1.75 bits per heavy atom. The number of hydrogen-bond acceptors (Lipinski definition) is 3. The van der Waals surface area contributed by atoms with E-state index in [9.17, 15) is 4.79 Å². The molecule has 2 atom stereocenters. The van der Waals surface area contributed by atoms with Gasteiger partial charge >= 0.3 is 0 Å². The number of amides is 1. The molecule has 1 fully saturated rings. The second-order valence-corrected chi connectivity index (χ2v) is 5.23. The number of ether oxygens (including phenoxy) is 1. The van der Waals surface area contributed by atoms with Crippen molar-refractivity contribution in [1.29, 1.82) is 0 Å². The summed E-state index contributed by atoms with van der Waals surface area (Å²) in [5.41, 5.74) is 0. The van der Waals surface area contributed by atoms with Crippen LogP contribution in [-0.2, 0) is 16.0 Å². The predicted octanol–water partition coefficient (Wildman–Crippen LogP) is 1.97. The SMILES string of the molecule is C[C@H](Cc1cccs1)NC(=O)[C@H]1CCCO1. The fraction of sp³-hybridized carbons (Fsp3) is 0.583. The number of hydrogen-bond donors (Lipinski definition) is 1. The number of nitrogens with one attached hydrogen (secondary N) is 1. The van der Waals surface area contributed by atoms with Gasteiger partial charge in [-0.1, -0.05) is 6.07 Å². The highest BCUT2D eigenvalue weighted by molar-refractivity contribution is 7.09. The lowest BCUT2D eigenvalue weighted by Gasteiger charge is -2.16.